The third-order valence-corrected chi connectivity index (χ3v) is 11.4. The molecular formula is C18H35BrP2Pd. The SMILES string of the molecule is CCP(CC)CC.CCP(CC)CC.[Br][Pd][c]1ccccc1. The van der Waals surface area contributed by atoms with Gasteiger partial charge in [0.05, 0.1) is 0 Å². The van der Waals surface area contributed by atoms with Gasteiger partial charge in [-0.05, 0) is 37.0 Å². The van der Waals surface area contributed by atoms with E-state index in [9.17, 15) is 0 Å². The molecule has 0 spiro atoms. The van der Waals surface area contributed by atoms with Crippen LogP contribution in [0.5, 0.6) is 0 Å². The van der Waals surface area contributed by atoms with E-state index in [1.165, 1.54) is 41.0 Å². The first-order valence-corrected chi connectivity index (χ1v) is 16.5. The van der Waals surface area contributed by atoms with Crippen molar-refractivity contribution in [3.8, 4) is 0 Å². The van der Waals surface area contributed by atoms with Gasteiger partial charge in [-0.25, -0.2) is 0 Å². The molecule has 0 amide bonds. The van der Waals surface area contributed by atoms with Crippen molar-refractivity contribution in [2.45, 2.75) is 41.5 Å². The van der Waals surface area contributed by atoms with Crippen LogP contribution in [-0.4, -0.2) is 37.0 Å². The molecule has 0 atom stereocenters. The Labute approximate surface area is 157 Å². The molecule has 0 aliphatic heterocycles. The van der Waals surface area contributed by atoms with Crippen molar-refractivity contribution in [1.29, 1.82) is 0 Å². The summed E-state index contributed by atoms with van der Waals surface area (Å²) < 4.78 is 1.38. The first-order valence-electron chi connectivity index (χ1n) is 8.33. The second-order valence-corrected chi connectivity index (χ2v) is 13.7. The third kappa shape index (κ3) is 16.1. The summed E-state index contributed by atoms with van der Waals surface area (Å²) in [6.07, 6.45) is 8.51. The van der Waals surface area contributed by atoms with Crippen molar-refractivity contribution in [2.75, 3.05) is 37.0 Å². The fraction of sp³-hybridized carbons (Fsp3) is 0.667. The predicted octanol–water partition coefficient (Wildman–Crippen LogP) is 6.76. The zero-order chi connectivity index (χ0) is 17.2. The second-order valence-electron chi connectivity index (χ2n) is 4.56. The van der Waals surface area contributed by atoms with E-state index >= 15 is 0 Å². The number of rotatable bonds is 7. The Morgan fingerprint density at radius 1 is 0.682 bits per heavy atom. The van der Waals surface area contributed by atoms with Gasteiger partial charge in [0.1, 0.15) is 0 Å². The molecule has 0 aliphatic rings. The minimum atomic E-state index is 0.446. The van der Waals surface area contributed by atoms with Crippen molar-refractivity contribution in [1.82, 2.24) is 0 Å². The van der Waals surface area contributed by atoms with Crippen LogP contribution >= 0.6 is 29.3 Å². The Morgan fingerprint density at radius 3 is 1.14 bits per heavy atom. The van der Waals surface area contributed by atoms with E-state index in [-0.39, 0.29) is 0 Å². The average molecular weight is 500 g/mol. The fourth-order valence-corrected chi connectivity index (χ4v) is 5.95. The van der Waals surface area contributed by atoms with Crippen LogP contribution in [0.2, 0.25) is 0 Å². The van der Waals surface area contributed by atoms with Crippen LogP contribution in [-0.2, 0) is 16.0 Å². The maximum atomic E-state index is 3.41. The number of hydrogen-bond acceptors (Lipinski definition) is 0. The number of halogens is 1. The second kappa shape index (κ2) is 20.3. The molecule has 0 saturated heterocycles. The standard InChI is InChI=1S/2C6H15P.C6H5.BrH.Pd/c2*1-4-7(5-2)6-3;1-2-4-6-5-3-1;;/h2*4-6H2,1-3H3;1-5H;1H;/q;;;;+1/p-1. The minimum absolute atomic E-state index is 0.446. The van der Waals surface area contributed by atoms with Gasteiger partial charge in [0.2, 0.25) is 0 Å². The Morgan fingerprint density at radius 2 is 1.00 bits per heavy atom. The van der Waals surface area contributed by atoms with E-state index in [4.69, 9.17) is 0 Å². The van der Waals surface area contributed by atoms with Crippen LogP contribution in [0.15, 0.2) is 30.3 Å². The van der Waals surface area contributed by atoms with E-state index in [0.29, 0.717) is 31.8 Å². The molecular weight excluding hydrogens is 464 g/mol. The Kier molecular flexibility index (Phi) is 23.5. The number of benzene rings is 1. The van der Waals surface area contributed by atoms with Gasteiger partial charge in [0.25, 0.3) is 0 Å². The van der Waals surface area contributed by atoms with Gasteiger partial charge in [0.15, 0.2) is 0 Å². The molecule has 0 saturated carbocycles. The van der Waals surface area contributed by atoms with E-state index in [0.717, 1.165) is 0 Å². The fourth-order valence-electron chi connectivity index (χ4n) is 1.78. The van der Waals surface area contributed by atoms with Crippen molar-refractivity contribution >= 4 is 33.3 Å². The average Bonchev–Trinajstić information content (AvgIpc) is 2.60. The van der Waals surface area contributed by atoms with E-state index < -0.39 is 0 Å². The zero-order valence-electron chi connectivity index (χ0n) is 15.2. The van der Waals surface area contributed by atoms with Gasteiger partial charge in [-0.3, -0.25) is 0 Å². The van der Waals surface area contributed by atoms with Crippen LogP contribution < -0.4 is 4.04 Å². The summed E-state index contributed by atoms with van der Waals surface area (Å²) in [5.41, 5.74) is 0. The maximum absolute atomic E-state index is 3.41. The monoisotopic (exact) mass is 498 g/mol. The topological polar surface area (TPSA) is 0 Å². The van der Waals surface area contributed by atoms with Crippen molar-refractivity contribution < 1.29 is 16.0 Å². The summed E-state index contributed by atoms with van der Waals surface area (Å²) in [5.74, 6) is 0. The van der Waals surface area contributed by atoms with Gasteiger partial charge in [-0.15, -0.1) is 15.8 Å². The molecule has 0 bridgehead atoms. The van der Waals surface area contributed by atoms with Gasteiger partial charge in [-0.1, -0.05) is 41.5 Å². The van der Waals surface area contributed by atoms with Crippen LogP contribution in [0, 0.1) is 0 Å². The molecule has 4 heteroatoms. The Hall–Kier alpha value is 1.22. The van der Waals surface area contributed by atoms with Crippen LogP contribution in [0.4, 0.5) is 0 Å². The molecule has 0 aliphatic carbocycles. The van der Waals surface area contributed by atoms with Gasteiger partial charge >= 0.3 is 63.8 Å². The molecule has 22 heavy (non-hydrogen) atoms. The van der Waals surface area contributed by atoms with Crippen molar-refractivity contribution in [2.24, 2.45) is 0 Å². The first kappa shape index (κ1) is 25.5. The summed E-state index contributed by atoms with van der Waals surface area (Å²) in [4.78, 5) is 0. The predicted molar refractivity (Wildman–Crippen MR) is 112 cm³/mol. The van der Waals surface area contributed by atoms with Crippen LogP contribution in [0.1, 0.15) is 41.5 Å². The third-order valence-electron chi connectivity index (χ3n) is 3.46. The summed E-state index contributed by atoms with van der Waals surface area (Å²) in [6.45, 7) is 13.7. The molecule has 0 aromatic heterocycles. The van der Waals surface area contributed by atoms with E-state index in [1.54, 1.807) is 0 Å². The summed E-state index contributed by atoms with van der Waals surface area (Å²) in [6, 6.07) is 10.4. The van der Waals surface area contributed by atoms with Gasteiger partial charge in [0, 0.05) is 0 Å². The molecule has 134 valence electrons. The summed E-state index contributed by atoms with van der Waals surface area (Å²) in [7, 11) is 0.892. The normalized spacial score (nSPS) is 10.0. The van der Waals surface area contributed by atoms with Crippen molar-refractivity contribution in [3.63, 3.8) is 0 Å². The Bertz CT molecular complexity index is 278. The summed E-state index contributed by atoms with van der Waals surface area (Å²) >= 11 is 3.98. The number of hydrogen-bond donors (Lipinski definition) is 0. The molecule has 0 heterocycles. The molecule has 0 radical (unpaired) electrons. The van der Waals surface area contributed by atoms with Crippen LogP contribution in [0.3, 0.4) is 0 Å². The van der Waals surface area contributed by atoms with Crippen LogP contribution in [0.25, 0.3) is 0 Å². The molecule has 0 nitrogen and oxygen atoms in total. The van der Waals surface area contributed by atoms with Gasteiger partial charge < -0.3 is 0 Å². The first-order chi connectivity index (χ1) is 10.6. The molecule has 1 aromatic carbocycles. The quantitative estimate of drug-likeness (QED) is 0.287. The van der Waals surface area contributed by atoms with E-state index in [1.807, 2.05) is 6.07 Å². The summed E-state index contributed by atoms with van der Waals surface area (Å²) in [5, 5.41) is 0. The molecule has 0 N–H and O–H groups in total. The zero-order valence-corrected chi connectivity index (χ0v) is 20.1. The van der Waals surface area contributed by atoms with Gasteiger partial charge in [-0.2, -0.15) is 0 Å². The molecule has 0 fully saturated rings. The molecule has 1 aromatic rings. The van der Waals surface area contributed by atoms with Crippen molar-refractivity contribution in [3.05, 3.63) is 30.3 Å². The van der Waals surface area contributed by atoms with E-state index in [2.05, 4.69) is 79.2 Å². The molecule has 0 unspecified atom stereocenters. The Balaban J connectivity index is 0. The molecule has 1 rings (SSSR count).